The Balaban J connectivity index is 2.07. The number of aliphatic carboxylic acids is 1. The lowest BCUT2D eigenvalue weighted by molar-refractivity contribution is -0.137. The summed E-state index contributed by atoms with van der Waals surface area (Å²) in [6, 6.07) is 9.78. The van der Waals surface area contributed by atoms with Crippen LogP contribution in [0.1, 0.15) is 26.2 Å². The summed E-state index contributed by atoms with van der Waals surface area (Å²) < 4.78 is 5.61. The van der Waals surface area contributed by atoms with E-state index in [1.807, 2.05) is 30.3 Å². The van der Waals surface area contributed by atoms with Gasteiger partial charge in [0.2, 0.25) is 0 Å². The SMILES string of the molecule is CCN(CCCCOc1ccccc1)CCC(=O)O. The predicted octanol–water partition coefficient (Wildman–Crippen LogP) is 2.64. The molecule has 1 rings (SSSR count). The number of nitrogens with zero attached hydrogens (tertiary/aromatic N) is 1. The number of benzene rings is 1. The molecule has 0 aliphatic rings. The largest absolute Gasteiger partial charge is 0.494 e. The fraction of sp³-hybridized carbons (Fsp3) is 0.533. The molecule has 4 heteroatoms. The highest BCUT2D eigenvalue weighted by molar-refractivity contribution is 5.66. The Hall–Kier alpha value is -1.55. The Kier molecular flexibility index (Phi) is 7.66. The molecule has 0 heterocycles. The minimum absolute atomic E-state index is 0.217. The van der Waals surface area contributed by atoms with Gasteiger partial charge in [0.25, 0.3) is 0 Å². The highest BCUT2D eigenvalue weighted by Gasteiger charge is 2.04. The third kappa shape index (κ3) is 7.47. The van der Waals surface area contributed by atoms with E-state index in [-0.39, 0.29) is 6.42 Å². The summed E-state index contributed by atoms with van der Waals surface area (Å²) in [6.07, 6.45) is 2.23. The number of unbranched alkanes of at least 4 members (excludes halogenated alkanes) is 1. The van der Waals surface area contributed by atoms with E-state index in [9.17, 15) is 4.79 Å². The number of carbonyl (C=O) groups is 1. The molecule has 0 fully saturated rings. The van der Waals surface area contributed by atoms with Crippen LogP contribution in [0.5, 0.6) is 5.75 Å². The number of para-hydroxylation sites is 1. The lowest BCUT2D eigenvalue weighted by Crippen LogP contribution is -2.27. The lowest BCUT2D eigenvalue weighted by atomic mass is 10.3. The van der Waals surface area contributed by atoms with Gasteiger partial charge in [0.05, 0.1) is 13.0 Å². The molecule has 19 heavy (non-hydrogen) atoms. The monoisotopic (exact) mass is 265 g/mol. The summed E-state index contributed by atoms with van der Waals surface area (Å²) >= 11 is 0. The molecule has 1 aromatic rings. The molecule has 0 spiro atoms. The molecule has 1 N–H and O–H groups in total. The van der Waals surface area contributed by atoms with Crippen LogP contribution in [-0.2, 0) is 4.79 Å². The number of carboxylic acid groups (broad SMARTS) is 1. The van der Waals surface area contributed by atoms with Gasteiger partial charge in [-0.3, -0.25) is 4.79 Å². The second-order valence-corrected chi connectivity index (χ2v) is 4.45. The molecule has 106 valence electrons. The topological polar surface area (TPSA) is 49.8 Å². The number of hydrogen-bond acceptors (Lipinski definition) is 3. The van der Waals surface area contributed by atoms with Gasteiger partial charge in [-0.1, -0.05) is 25.1 Å². The van der Waals surface area contributed by atoms with E-state index >= 15 is 0 Å². The van der Waals surface area contributed by atoms with Crippen LogP contribution in [-0.4, -0.2) is 42.2 Å². The van der Waals surface area contributed by atoms with Crippen LogP contribution in [0.3, 0.4) is 0 Å². The molecule has 0 unspecified atom stereocenters. The third-order valence-corrected chi connectivity index (χ3v) is 2.97. The lowest BCUT2D eigenvalue weighted by Gasteiger charge is -2.19. The summed E-state index contributed by atoms with van der Waals surface area (Å²) in [5.74, 6) is 0.173. The van der Waals surface area contributed by atoms with Crippen LogP contribution in [0.15, 0.2) is 30.3 Å². The molecule has 0 aliphatic carbocycles. The number of ether oxygens (including phenoxy) is 1. The van der Waals surface area contributed by atoms with Crippen molar-refractivity contribution in [1.82, 2.24) is 4.90 Å². The van der Waals surface area contributed by atoms with Crippen LogP contribution < -0.4 is 4.74 Å². The second-order valence-electron chi connectivity index (χ2n) is 4.45. The zero-order valence-corrected chi connectivity index (χ0v) is 11.5. The van der Waals surface area contributed by atoms with E-state index in [2.05, 4.69) is 11.8 Å². The molecule has 0 aliphatic heterocycles. The van der Waals surface area contributed by atoms with Crippen molar-refractivity contribution < 1.29 is 14.6 Å². The Labute approximate surface area is 115 Å². The molecular weight excluding hydrogens is 242 g/mol. The van der Waals surface area contributed by atoms with E-state index < -0.39 is 5.97 Å². The zero-order valence-electron chi connectivity index (χ0n) is 11.5. The van der Waals surface area contributed by atoms with Gasteiger partial charge in [0, 0.05) is 6.54 Å². The summed E-state index contributed by atoms with van der Waals surface area (Å²) in [7, 11) is 0. The van der Waals surface area contributed by atoms with Crippen molar-refractivity contribution in [2.24, 2.45) is 0 Å². The minimum atomic E-state index is -0.731. The Morgan fingerprint density at radius 3 is 2.58 bits per heavy atom. The van der Waals surface area contributed by atoms with Crippen molar-refractivity contribution in [3.8, 4) is 5.75 Å². The Morgan fingerprint density at radius 1 is 1.21 bits per heavy atom. The molecule has 4 nitrogen and oxygen atoms in total. The molecule has 0 amide bonds. The third-order valence-electron chi connectivity index (χ3n) is 2.97. The number of carboxylic acids is 1. The van der Waals surface area contributed by atoms with Gasteiger partial charge >= 0.3 is 5.97 Å². The van der Waals surface area contributed by atoms with Crippen LogP contribution in [0.25, 0.3) is 0 Å². The summed E-state index contributed by atoms with van der Waals surface area (Å²) in [5.41, 5.74) is 0. The Bertz CT molecular complexity index is 354. The average Bonchev–Trinajstić information content (AvgIpc) is 2.42. The van der Waals surface area contributed by atoms with Gasteiger partial charge in [-0.05, 0) is 38.1 Å². The standard InChI is InChI=1S/C15H23NO3/c1-2-16(12-10-15(17)18)11-6-7-13-19-14-8-4-3-5-9-14/h3-5,8-9H,2,6-7,10-13H2,1H3,(H,17,18). The Morgan fingerprint density at radius 2 is 1.95 bits per heavy atom. The minimum Gasteiger partial charge on any atom is -0.494 e. The summed E-state index contributed by atoms with van der Waals surface area (Å²) in [6.45, 7) is 5.23. The van der Waals surface area contributed by atoms with Gasteiger partial charge in [0.15, 0.2) is 0 Å². The molecule has 0 saturated heterocycles. The van der Waals surface area contributed by atoms with Crippen LogP contribution in [0.2, 0.25) is 0 Å². The number of rotatable bonds is 10. The average molecular weight is 265 g/mol. The second kappa shape index (κ2) is 9.39. The highest BCUT2D eigenvalue weighted by Crippen LogP contribution is 2.09. The van der Waals surface area contributed by atoms with E-state index in [0.717, 1.165) is 31.7 Å². The van der Waals surface area contributed by atoms with Crippen LogP contribution >= 0.6 is 0 Å². The maximum Gasteiger partial charge on any atom is 0.304 e. The summed E-state index contributed by atoms with van der Waals surface area (Å²) in [5, 5.41) is 8.65. The normalized spacial score (nSPS) is 10.6. The number of hydrogen-bond donors (Lipinski definition) is 1. The van der Waals surface area contributed by atoms with E-state index in [1.165, 1.54) is 0 Å². The predicted molar refractivity (Wildman–Crippen MR) is 75.5 cm³/mol. The van der Waals surface area contributed by atoms with Crippen LogP contribution in [0.4, 0.5) is 0 Å². The van der Waals surface area contributed by atoms with Crippen molar-refractivity contribution in [3.63, 3.8) is 0 Å². The van der Waals surface area contributed by atoms with Crippen LogP contribution in [0, 0.1) is 0 Å². The first-order valence-corrected chi connectivity index (χ1v) is 6.84. The summed E-state index contributed by atoms with van der Waals surface area (Å²) in [4.78, 5) is 12.7. The maximum absolute atomic E-state index is 10.5. The molecule has 0 atom stereocenters. The fourth-order valence-electron chi connectivity index (χ4n) is 1.83. The van der Waals surface area contributed by atoms with E-state index in [1.54, 1.807) is 0 Å². The van der Waals surface area contributed by atoms with Crippen molar-refractivity contribution in [2.75, 3.05) is 26.2 Å². The van der Waals surface area contributed by atoms with E-state index in [0.29, 0.717) is 13.2 Å². The maximum atomic E-state index is 10.5. The van der Waals surface area contributed by atoms with Gasteiger partial charge in [-0.25, -0.2) is 0 Å². The highest BCUT2D eigenvalue weighted by atomic mass is 16.5. The van der Waals surface area contributed by atoms with E-state index in [4.69, 9.17) is 9.84 Å². The van der Waals surface area contributed by atoms with Crippen molar-refractivity contribution in [3.05, 3.63) is 30.3 Å². The van der Waals surface area contributed by atoms with Gasteiger partial charge in [-0.2, -0.15) is 0 Å². The van der Waals surface area contributed by atoms with Gasteiger partial charge in [0.1, 0.15) is 5.75 Å². The fourth-order valence-corrected chi connectivity index (χ4v) is 1.83. The van der Waals surface area contributed by atoms with Gasteiger partial charge < -0.3 is 14.7 Å². The molecule has 0 radical (unpaired) electrons. The first-order chi connectivity index (χ1) is 9.22. The molecule has 0 bridgehead atoms. The molecule has 0 aromatic heterocycles. The molecular formula is C15H23NO3. The molecule has 0 saturated carbocycles. The van der Waals surface area contributed by atoms with Crippen molar-refractivity contribution in [1.29, 1.82) is 0 Å². The zero-order chi connectivity index (χ0) is 13.9. The van der Waals surface area contributed by atoms with Gasteiger partial charge in [-0.15, -0.1) is 0 Å². The first-order valence-electron chi connectivity index (χ1n) is 6.84. The van der Waals surface area contributed by atoms with Crippen molar-refractivity contribution >= 4 is 5.97 Å². The van der Waals surface area contributed by atoms with Crippen molar-refractivity contribution in [2.45, 2.75) is 26.2 Å². The molecule has 1 aromatic carbocycles. The first kappa shape index (κ1) is 15.5. The smallest absolute Gasteiger partial charge is 0.304 e. The quantitative estimate of drug-likeness (QED) is 0.661.